The standard InChI is InChI=1S/C16H26N4O/c1-13-4-6-14(7-5-13)15(19(2)3)12-18-16(17)20-8-10-21-11-9-20/h4-7,15H,8-12H2,1-3H3,(H2,17,18). The molecule has 1 aliphatic rings. The Hall–Kier alpha value is -1.59. The molecule has 1 fully saturated rings. The number of hydrogen-bond donors (Lipinski definition) is 1. The Balaban J connectivity index is 2.04. The van der Waals surface area contributed by atoms with Crippen LogP contribution in [0.1, 0.15) is 17.2 Å². The van der Waals surface area contributed by atoms with Gasteiger partial charge in [0.1, 0.15) is 0 Å². The Bertz CT molecular complexity index is 464. The molecule has 5 heteroatoms. The number of rotatable bonds is 4. The lowest BCUT2D eigenvalue weighted by molar-refractivity contribution is 0.0673. The second-order valence-corrected chi connectivity index (χ2v) is 5.69. The molecule has 1 heterocycles. The molecule has 1 aliphatic heterocycles. The summed E-state index contributed by atoms with van der Waals surface area (Å²) in [7, 11) is 4.15. The molecule has 0 amide bonds. The van der Waals surface area contributed by atoms with Gasteiger partial charge in [0.05, 0.1) is 25.8 Å². The Kier molecular flexibility index (Phi) is 5.59. The number of morpholine rings is 1. The van der Waals surface area contributed by atoms with Crippen LogP contribution in [0.3, 0.4) is 0 Å². The normalized spacial score (nSPS) is 18.1. The Morgan fingerprint density at radius 2 is 1.90 bits per heavy atom. The molecule has 0 bridgehead atoms. The minimum Gasteiger partial charge on any atom is -0.378 e. The molecule has 116 valence electrons. The van der Waals surface area contributed by atoms with Crippen molar-refractivity contribution in [3.63, 3.8) is 0 Å². The first kappa shape index (κ1) is 15.8. The predicted octanol–water partition coefficient (Wildman–Crippen LogP) is 1.24. The summed E-state index contributed by atoms with van der Waals surface area (Å²) in [6.45, 7) is 5.87. The van der Waals surface area contributed by atoms with Crippen molar-refractivity contribution >= 4 is 5.96 Å². The van der Waals surface area contributed by atoms with Gasteiger partial charge in [0.25, 0.3) is 0 Å². The van der Waals surface area contributed by atoms with Crippen molar-refractivity contribution in [2.75, 3.05) is 46.9 Å². The molecule has 0 spiro atoms. The van der Waals surface area contributed by atoms with Crippen molar-refractivity contribution in [2.45, 2.75) is 13.0 Å². The number of likely N-dealkylation sites (N-methyl/N-ethyl adjacent to an activating group) is 1. The lowest BCUT2D eigenvalue weighted by Crippen LogP contribution is -2.45. The molecule has 0 aliphatic carbocycles. The molecule has 1 aromatic rings. The first-order valence-electron chi connectivity index (χ1n) is 7.43. The van der Waals surface area contributed by atoms with Gasteiger partial charge in [-0.15, -0.1) is 0 Å². The summed E-state index contributed by atoms with van der Waals surface area (Å²) in [6, 6.07) is 8.85. The smallest absolute Gasteiger partial charge is 0.191 e. The van der Waals surface area contributed by atoms with Gasteiger partial charge in [-0.05, 0) is 26.6 Å². The van der Waals surface area contributed by atoms with Crippen molar-refractivity contribution in [3.05, 3.63) is 35.4 Å². The third-order valence-corrected chi connectivity index (χ3v) is 3.85. The second-order valence-electron chi connectivity index (χ2n) is 5.69. The number of benzene rings is 1. The van der Waals surface area contributed by atoms with Crippen LogP contribution in [0.5, 0.6) is 0 Å². The lowest BCUT2D eigenvalue weighted by atomic mass is 10.0. The average Bonchev–Trinajstić information content (AvgIpc) is 2.49. The molecule has 21 heavy (non-hydrogen) atoms. The van der Waals surface area contributed by atoms with Crippen LogP contribution in [0, 0.1) is 6.92 Å². The molecular weight excluding hydrogens is 264 g/mol. The maximum Gasteiger partial charge on any atom is 0.191 e. The van der Waals surface area contributed by atoms with E-state index in [1.165, 1.54) is 11.1 Å². The summed E-state index contributed by atoms with van der Waals surface area (Å²) >= 11 is 0. The van der Waals surface area contributed by atoms with Crippen LogP contribution < -0.4 is 5.73 Å². The van der Waals surface area contributed by atoms with E-state index in [4.69, 9.17) is 10.5 Å². The highest BCUT2D eigenvalue weighted by atomic mass is 16.5. The van der Waals surface area contributed by atoms with Gasteiger partial charge in [-0.1, -0.05) is 29.8 Å². The quantitative estimate of drug-likeness (QED) is 0.670. The predicted molar refractivity (Wildman–Crippen MR) is 86.5 cm³/mol. The summed E-state index contributed by atoms with van der Waals surface area (Å²) in [4.78, 5) is 8.86. The van der Waals surface area contributed by atoms with E-state index in [-0.39, 0.29) is 6.04 Å². The fraction of sp³-hybridized carbons (Fsp3) is 0.562. The van der Waals surface area contributed by atoms with Gasteiger partial charge in [-0.25, -0.2) is 0 Å². The van der Waals surface area contributed by atoms with Gasteiger partial charge in [0, 0.05) is 13.1 Å². The van der Waals surface area contributed by atoms with Crippen LogP contribution in [0.15, 0.2) is 29.3 Å². The zero-order valence-corrected chi connectivity index (χ0v) is 13.2. The van der Waals surface area contributed by atoms with Crippen molar-refractivity contribution in [1.29, 1.82) is 0 Å². The highest BCUT2D eigenvalue weighted by molar-refractivity contribution is 5.78. The van der Waals surface area contributed by atoms with Crippen molar-refractivity contribution < 1.29 is 4.74 Å². The van der Waals surface area contributed by atoms with Crippen LogP contribution in [0.2, 0.25) is 0 Å². The topological polar surface area (TPSA) is 54.1 Å². The fourth-order valence-corrected chi connectivity index (χ4v) is 2.43. The van der Waals surface area contributed by atoms with Gasteiger partial charge in [0.2, 0.25) is 0 Å². The molecule has 1 unspecified atom stereocenters. The monoisotopic (exact) mass is 290 g/mol. The molecule has 1 saturated heterocycles. The Morgan fingerprint density at radius 3 is 2.48 bits per heavy atom. The van der Waals surface area contributed by atoms with Gasteiger partial charge < -0.3 is 20.3 Å². The fourth-order valence-electron chi connectivity index (χ4n) is 2.43. The van der Waals surface area contributed by atoms with Crippen LogP contribution in [-0.4, -0.2) is 62.7 Å². The highest BCUT2D eigenvalue weighted by Gasteiger charge is 2.16. The average molecular weight is 290 g/mol. The highest BCUT2D eigenvalue weighted by Crippen LogP contribution is 2.19. The Labute approximate surface area is 127 Å². The summed E-state index contributed by atoms with van der Waals surface area (Å²) < 4.78 is 5.33. The van der Waals surface area contributed by atoms with E-state index >= 15 is 0 Å². The first-order valence-corrected chi connectivity index (χ1v) is 7.43. The molecule has 1 atom stereocenters. The third-order valence-electron chi connectivity index (χ3n) is 3.85. The lowest BCUT2D eigenvalue weighted by Gasteiger charge is -2.29. The number of ether oxygens (including phenoxy) is 1. The summed E-state index contributed by atoms with van der Waals surface area (Å²) in [5.41, 5.74) is 8.64. The summed E-state index contributed by atoms with van der Waals surface area (Å²) in [5, 5.41) is 0. The molecule has 2 rings (SSSR count). The van der Waals surface area contributed by atoms with E-state index in [9.17, 15) is 0 Å². The van der Waals surface area contributed by atoms with Gasteiger partial charge in [0.15, 0.2) is 5.96 Å². The number of hydrogen-bond acceptors (Lipinski definition) is 3. The largest absolute Gasteiger partial charge is 0.378 e. The van der Waals surface area contributed by atoms with E-state index in [0.717, 1.165) is 26.3 Å². The zero-order chi connectivity index (χ0) is 15.2. The molecule has 0 radical (unpaired) electrons. The van der Waals surface area contributed by atoms with Crippen molar-refractivity contribution in [2.24, 2.45) is 10.7 Å². The molecule has 1 aromatic carbocycles. The summed E-state index contributed by atoms with van der Waals surface area (Å²) in [5.74, 6) is 0.622. The second kappa shape index (κ2) is 7.43. The van der Waals surface area contributed by atoms with Crippen LogP contribution >= 0.6 is 0 Å². The number of nitrogens with two attached hydrogens (primary N) is 1. The molecule has 5 nitrogen and oxygen atoms in total. The minimum absolute atomic E-state index is 0.241. The summed E-state index contributed by atoms with van der Waals surface area (Å²) in [6.07, 6.45) is 0. The number of guanidine groups is 1. The van der Waals surface area contributed by atoms with E-state index < -0.39 is 0 Å². The molecular formula is C16H26N4O. The first-order chi connectivity index (χ1) is 10.1. The molecule has 0 saturated carbocycles. The van der Waals surface area contributed by atoms with Crippen molar-refractivity contribution in [3.8, 4) is 0 Å². The Morgan fingerprint density at radius 1 is 1.29 bits per heavy atom. The van der Waals surface area contributed by atoms with Crippen LogP contribution in [-0.2, 0) is 4.74 Å². The van der Waals surface area contributed by atoms with Gasteiger partial charge >= 0.3 is 0 Å². The van der Waals surface area contributed by atoms with E-state index in [2.05, 4.69) is 60.1 Å². The number of aliphatic imine (C=N–C) groups is 1. The third kappa shape index (κ3) is 4.44. The van der Waals surface area contributed by atoms with Gasteiger partial charge in [-0.2, -0.15) is 0 Å². The SMILES string of the molecule is Cc1ccc(C(CN=C(N)N2CCOCC2)N(C)C)cc1. The minimum atomic E-state index is 0.241. The zero-order valence-electron chi connectivity index (χ0n) is 13.2. The van der Waals surface area contributed by atoms with Crippen molar-refractivity contribution in [1.82, 2.24) is 9.80 Å². The maximum atomic E-state index is 6.10. The van der Waals surface area contributed by atoms with E-state index in [0.29, 0.717) is 12.5 Å². The number of nitrogens with zero attached hydrogens (tertiary/aromatic N) is 3. The van der Waals surface area contributed by atoms with Gasteiger partial charge in [-0.3, -0.25) is 4.99 Å². The van der Waals surface area contributed by atoms with E-state index in [1.54, 1.807) is 0 Å². The molecule has 0 aromatic heterocycles. The maximum absolute atomic E-state index is 6.10. The number of aryl methyl sites for hydroxylation is 1. The van der Waals surface area contributed by atoms with E-state index in [1.807, 2.05) is 0 Å². The molecule has 2 N–H and O–H groups in total. The van der Waals surface area contributed by atoms with Crippen LogP contribution in [0.25, 0.3) is 0 Å². The van der Waals surface area contributed by atoms with Crippen LogP contribution in [0.4, 0.5) is 0 Å².